The molecular weight excluding hydrogens is 410 g/mol. The fourth-order valence-corrected chi connectivity index (χ4v) is 3.66. The molecule has 1 aliphatic rings. The molecule has 9 nitrogen and oxygen atoms in total. The number of piperidine rings is 1. The summed E-state index contributed by atoms with van der Waals surface area (Å²) < 4.78 is 16.6. The number of pyridine rings is 1. The molecule has 1 fully saturated rings. The standard InChI is InChI=1S/C23H23N5O4/c1-30-17-5-6-21(31-2)18(12-17)19-13-20(27-26-19)23(29)28-10-7-16(8-11-28)32-22-15(14-24)4-3-9-25-22/h3-6,9,12-13,16H,7-8,10-11H2,1-2H3,(H,26,27). The highest BCUT2D eigenvalue weighted by molar-refractivity contribution is 5.93. The number of nitrogens with one attached hydrogen (secondary N) is 1. The molecule has 0 radical (unpaired) electrons. The second-order valence-corrected chi connectivity index (χ2v) is 7.31. The molecule has 9 heteroatoms. The van der Waals surface area contributed by atoms with Crippen molar-refractivity contribution in [3.05, 3.63) is 53.9 Å². The van der Waals surface area contributed by atoms with E-state index >= 15 is 0 Å². The molecule has 1 aromatic carbocycles. The summed E-state index contributed by atoms with van der Waals surface area (Å²) in [5, 5.41) is 16.3. The summed E-state index contributed by atoms with van der Waals surface area (Å²) in [6.07, 6.45) is 2.80. The number of aromatic amines is 1. The maximum atomic E-state index is 13.0. The van der Waals surface area contributed by atoms with Crippen LogP contribution in [0, 0.1) is 11.3 Å². The summed E-state index contributed by atoms with van der Waals surface area (Å²) in [5.74, 6) is 1.52. The van der Waals surface area contributed by atoms with E-state index < -0.39 is 0 Å². The zero-order chi connectivity index (χ0) is 22.5. The van der Waals surface area contributed by atoms with Crippen LogP contribution in [0.25, 0.3) is 11.3 Å². The van der Waals surface area contributed by atoms with Gasteiger partial charge in [-0.2, -0.15) is 10.4 Å². The Balaban J connectivity index is 1.42. The Labute approximate surface area is 185 Å². The molecular formula is C23H23N5O4. The van der Waals surface area contributed by atoms with Crippen LogP contribution >= 0.6 is 0 Å². The quantitative estimate of drug-likeness (QED) is 0.636. The Morgan fingerprint density at radius 3 is 2.72 bits per heavy atom. The van der Waals surface area contributed by atoms with Crippen molar-refractivity contribution in [2.24, 2.45) is 0 Å². The molecule has 1 amide bonds. The first-order valence-corrected chi connectivity index (χ1v) is 10.2. The maximum absolute atomic E-state index is 13.0. The highest BCUT2D eigenvalue weighted by atomic mass is 16.5. The zero-order valence-corrected chi connectivity index (χ0v) is 17.9. The molecule has 1 N–H and O–H groups in total. The number of amides is 1. The molecule has 1 aliphatic heterocycles. The summed E-state index contributed by atoms with van der Waals surface area (Å²) in [6, 6.07) is 12.6. The van der Waals surface area contributed by atoms with E-state index in [-0.39, 0.29) is 12.0 Å². The molecule has 4 rings (SSSR count). The van der Waals surface area contributed by atoms with Crippen LogP contribution in [0.5, 0.6) is 17.4 Å². The van der Waals surface area contributed by atoms with Crippen LogP contribution in [0.15, 0.2) is 42.6 Å². The minimum atomic E-state index is -0.125. The Morgan fingerprint density at radius 1 is 1.19 bits per heavy atom. The molecule has 3 aromatic rings. The lowest BCUT2D eigenvalue weighted by Gasteiger charge is -2.31. The number of ether oxygens (including phenoxy) is 3. The lowest BCUT2D eigenvalue weighted by atomic mass is 10.1. The van der Waals surface area contributed by atoms with Crippen LogP contribution in [0.1, 0.15) is 28.9 Å². The number of carbonyl (C=O) groups excluding carboxylic acids is 1. The summed E-state index contributed by atoms with van der Waals surface area (Å²) in [6.45, 7) is 1.07. The van der Waals surface area contributed by atoms with Gasteiger partial charge in [0.2, 0.25) is 5.88 Å². The molecule has 1 saturated heterocycles. The van der Waals surface area contributed by atoms with Crippen LogP contribution in [-0.2, 0) is 0 Å². The topological polar surface area (TPSA) is 113 Å². The van der Waals surface area contributed by atoms with Crippen molar-refractivity contribution in [1.29, 1.82) is 5.26 Å². The van der Waals surface area contributed by atoms with Gasteiger partial charge in [-0.25, -0.2) is 4.98 Å². The van der Waals surface area contributed by atoms with Crippen molar-refractivity contribution < 1.29 is 19.0 Å². The van der Waals surface area contributed by atoms with Gasteiger partial charge in [-0.3, -0.25) is 9.89 Å². The summed E-state index contributed by atoms with van der Waals surface area (Å²) in [7, 11) is 3.17. The van der Waals surface area contributed by atoms with Crippen molar-refractivity contribution in [3.63, 3.8) is 0 Å². The van der Waals surface area contributed by atoms with E-state index in [0.717, 1.165) is 5.56 Å². The number of benzene rings is 1. The van der Waals surface area contributed by atoms with E-state index in [1.807, 2.05) is 6.07 Å². The van der Waals surface area contributed by atoms with E-state index in [2.05, 4.69) is 21.3 Å². The first-order valence-electron chi connectivity index (χ1n) is 10.2. The third-order valence-electron chi connectivity index (χ3n) is 5.39. The second kappa shape index (κ2) is 9.39. The fraction of sp³-hybridized carbons (Fsp3) is 0.304. The summed E-state index contributed by atoms with van der Waals surface area (Å²) in [4.78, 5) is 18.9. The number of nitrogens with zero attached hydrogens (tertiary/aromatic N) is 4. The smallest absolute Gasteiger partial charge is 0.271 e. The molecule has 0 spiro atoms. The Morgan fingerprint density at radius 2 is 2.00 bits per heavy atom. The van der Waals surface area contributed by atoms with E-state index in [0.29, 0.717) is 60.3 Å². The Hall–Kier alpha value is -4.06. The number of H-pyrrole nitrogens is 1. The predicted octanol–water partition coefficient (Wildman–Crippen LogP) is 3.04. The number of likely N-dealkylation sites (tertiary alicyclic amines) is 1. The van der Waals surface area contributed by atoms with E-state index in [9.17, 15) is 10.1 Å². The molecule has 2 aromatic heterocycles. The Kier molecular flexibility index (Phi) is 6.22. The second-order valence-electron chi connectivity index (χ2n) is 7.31. The average molecular weight is 433 g/mol. The van der Waals surface area contributed by atoms with Gasteiger partial charge in [-0.15, -0.1) is 0 Å². The molecule has 0 aliphatic carbocycles. The van der Waals surface area contributed by atoms with Crippen LogP contribution in [0.4, 0.5) is 0 Å². The van der Waals surface area contributed by atoms with Gasteiger partial charge >= 0.3 is 0 Å². The fourth-order valence-electron chi connectivity index (χ4n) is 3.66. The molecule has 164 valence electrons. The first-order chi connectivity index (χ1) is 15.6. The van der Waals surface area contributed by atoms with Crippen LogP contribution < -0.4 is 14.2 Å². The average Bonchev–Trinajstić information content (AvgIpc) is 3.34. The summed E-state index contributed by atoms with van der Waals surface area (Å²) >= 11 is 0. The van der Waals surface area contributed by atoms with Gasteiger partial charge in [0.05, 0.1) is 19.9 Å². The van der Waals surface area contributed by atoms with Gasteiger partial charge in [0.25, 0.3) is 5.91 Å². The van der Waals surface area contributed by atoms with Gasteiger partial charge < -0.3 is 19.1 Å². The third-order valence-corrected chi connectivity index (χ3v) is 5.39. The lowest BCUT2D eigenvalue weighted by Crippen LogP contribution is -2.42. The van der Waals surface area contributed by atoms with Gasteiger partial charge in [-0.05, 0) is 36.4 Å². The van der Waals surface area contributed by atoms with Crippen molar-refractivity contribution in [1.82, 2.24) is 20.1 Å². The van der Waals surface area contributed by atoms with Crippen molar-refractivity contribution in [3.8, 4) is 34.7 Å². The summed E-state index contributed by atoms with van der Waals surface area (Å²) in [5.41, 5.74) is 2.14. The van der Waals surface area contributed by atoms with Crippen LogP contribution in [0.2, 0.25) is 0 Å². The third kappa shape index (κ3) is 4.34. The van der Waals surface area contributed by atoms with Crippen molar-refractivity contribution >= 4 is 5.91 Å². The molecule has 32 heavy (non-hydrogen) atoms. The van der Waals surface area contributed by atoms with Crippen LogP contribution in [-0.4, -0.2) is 59.4 Å². The monoisotopic (exact) mass is 433 g/mol. The van der Waals surface area contributed by atoms with Crippen molar-refractivity contribution in [2.75, 3.05) is 27.3 Å². The number of hydrogen-bond acceptors (Lipinski definition) is 7. The van der Waals surface area contributed by atoms with Gasteiger partial charge in [0.15, 0.2) is 0 Å². The number of nitriles is 1. The van der Waals surface area contributed by atoms with E-state index in [1.54, 1.807) is 55.6 Å². The van der Waals surface area contributed by atoms with Gasteiger partial charge in [0.1, 0.15) is 34.9 Å². The molecule has 0 saturated carbocycles. The van der Waals surface area contributed by atoms with Gasteiger partial charge in [-0.1, -0.05) is 0 Å². The minimum Gasteiger partial charge on any atom is -0.497 e. The molecule has 0 unspecified atom stereocenters. The Bertz CT molecular complexity index is 1150. The number of rotatable bonds is 6. The predicted molar refractivity (Wildman–Crippen MR) is 116 cm³/mol. The van der Waals surface area contributed by atoms with Gasteiger partial charge in [0, 0.05) is 37.7 Å². The zero-order valence-electron chi connectivity index (χ0n) is 17.9. The van der Waals surface area contributed by atoms with Crippen molar-refractivity contribution in [2.45, 2.75) is 18.9 Å². The van der Waals surface area contributed by atoms with E-state index in [4.69, 9.17) is 14.2 Å². The molecule has 0 bridgehead atoms. The largest absolute Gasteiger partial charge is 0.497 e. The maximum Gasteiger partial charge on any atom is 0.271 e. The molecule has 3 heterocycles. The minimum absolute atomic E-state index is 0.0978. The SMILES string of the molecule is COc1ccc(OC)c(-c2cc(C(=O)N3CCC(Oc4ncccc4C#N)CC3)[nH]n2)c1. The lowest BCUT2D eigenvalue weighted by molar-refractivity contribution is 0.0582. The number of aromatic nitrogens is 3. The van der Waals surface area contributed by atoms with E-state index in [1.165, 1.54) is 0 Å². The number of carbonyl (C=O) groups is 1. The highest BCUT2D eigenvalue weighted by Gasteiger charge is 2.27. The number of hydrogen-bond donors (Lipinski definition) is 1. The van der Waals surface area contributed by atoms with Crippen LogP contribution in [0.3, 0.4) is 0 Å². The molecule has 0 atom stereocenters. The highest BCUT2D eigenvalue weighted by Crippen LogP contribution is 2.32. The normalized spacial score (nSPS) is 14.0. The number of methoxy groups -OCH3 is 2. The first kappa shape index (κ1) is 21.2.